The summed E-state index contributed by atoms with van der Waals surface area (Å²) in [6.07, 6.45) is 0. The standard InChI is InChI=1S/C10H8O6S2.Ca/c11-17(12,13)9-5-1-3-7-8(9)4-2-6-10(7)18(14,15)16;/h1-6H,(H,11,12,13)(H,14,15,16);/q;+2/p-2. The predicted octanol–water partition coefficient (Wildman–Crippen LogP) is 0.267. The Balaban J connectivity index is 0.00000180. The van der Waals surface area contributed by atoms with E-state index in [1.807, 2.05) is 0 Å². The topological polar surface area (TPSA) is 114 Å². The van der Waals surface area contributed by atoms with E-state index >= 15 is 0 Å². The van der Waals surface area contributed by atoms with Gasteiger partial charge in [-0.3, -0.25) is 0 Å². The van der Waals surface area contributed by atoms with Crippen LogP contribution >= 0.6 is 0 Å². The van der Waals surface area contributed by atoms with Crippen molar-refractivity contribution >= 4 is 68.7 Å². The molecule has 0 atom stereocenters. The van der Waals surface area contributed by atoms with Gasteiger partial charge in [0.15, 0.2) is 0 Å². The zero-order chi connectivity index (χ0) is 13.6. The molecule has 0 amide bonds. The Labute approximate surface area is 139 Å². The first-order valence-electron chi connectivity index (χ1n) is 4.65. The first kappa shape index (κ1) is 16.8. The zero-order valence-corrected chi connectivity index (χ0v) is 13.3. The minimum atomic E-state index is -4.74. The molecule has 0 spiro atoms. The first-order valence-corrected chi connectivity index (χ1v) is 7.46. The molecular weight excluding hydrogens is 320 g/mol. The Morgan fingerprint density at radius 1 is 0.684 bits per heavy atom. The minimum Gasteiger partial charge on any atom is -0.744 e. The van der Waals surface area contributed by atoms with Crippen molar-refractivity contribution in [3.63, 3.8) is 0 Å². The molecule has 0 bridgehead atoms. The Kier molecular flexibility index (Phi) is 5.00. The van der Waals surface area contributed by atoms with E-state index in [2.05, 4.69) is 0 Å². The van der Waals surface area contributed by atoms with E-state index in [1.54, 1.807) is 0 Å². The van der Waals surface area contributed by atoms with Gasteiger partial charge in [0, 0.05) is 10.8 Å². The molecule has 2 aromatic carbocycles. The fourth-order valence-corrected chi connectivity index (χ4v) is 3.07. The monoisotopic (exact) mass is 326 g/mol. The fourth-order valence-electron chi connectivity index (χ4n) is 1.69. The van der Waals surface area contributed by atoms with Crippen molar-refractivity contribution < 1.29 is 25.9 Å². The van der Waals surface area contributed by atoms with Crippen molar-refractivity contribution in [1.82, 2.24) is 0 Å². The quantitative estimate of drug-likeness (QED) is 0.578. The Bertz CT molecular complexity index is 755. The molecule has 6 nitrogen and oxygen atoms in total. The van der Waals surface area contributed by atoms with E-state index < -0.39 is 30.0 Å². The third kappa shape index (κ3) is 3.46. The van der Waals surface area contributed by atoms with Gasteiger partial charge in [0.2, 0.25) is 0 Å². The second-order valence-electron chi connectivity index (χ2n) is 3.52. The van der Waals surface area contributed by atoms with Crippen LogP contribution in [0.25, 0.3) is 10.8 Å². The molecule has 0 unspecified atom stereocenters. The molecule has 0 aliphatic heterocycles. The van der Waals surface area contributed by atoms with Crippen LogP contribution in [0.3, 0.4) is 0 Å². The van der Waals surface area contributed by atoms with Crippen molar-refractivity contribution in [2.24, 2.45) is 0 Å². The number of fused-ring (bicyclic) bond motifs is 1. The molecule has 96 valence electrons. The molecule has 2 rings (SSSR count). The van der Waals surface area contributed by atoms with Crippen LogP contribution in [0.4, 0.5) is 0 Å². The molecule has 0 saturated heterocycles. The zero-order valence-electron chi connectivity index (χ0n) is 9.44. The van der Waals surface area contributed by atoms with Gasteiger partial charge in [-0.2, -0.15) is 0 Å². The van der Waals surface area contributed by atoms with E-state index in [9.17, 15) is 25.9 Å². The summed E-state index contributed by atoms with van der Waals surface area (Å²) < 4.78 is 66.1. The number of benzene rings is 2. The summed E-state index contributed by atoms with van der Waals surface area (Å²) in [5.41, 5.74) is 0. The predicted molar refractivity (Wildman–Crippen MR) is 65.6 cm³/mol. The van der Waals surface area contributed by atoms with E-state index in [4.69, 9.17) is 0 Å². The Hall–Kier alpha value is -0.220. The summed E-state index contributed by atoms with van der Waals surface area (Å²) in [4.78, 5) is -1.10. The summed E-state index contributed by atoms with van der Waals surface area (Å²) in [5, 5.41) is -0.158. The number of rotatable bonds is 2. The van der Waals surface area contributed by atoms with Crippen molar-refractivity contribution in [3.05, 3.63) is 36.4 Å². The maximum Gasteiger partial charge on any atom is 2.00 e. The average molecular weight is 326 g/mol. The average Bonchev–Trinajstić information content (AvgIpc) is 2.24. The van der Waals surface area contributed by atoms with Gasteiger partial charge in [-0.1, -0.05) is 24.3 Å². The second kappa shape index (κ2) is 5.64. The van der Waals surface area contributed by atoms with E-state index in [1.165, 1.54) is 24.3 Å². The molecule has 0 heterocycles. The van der Waals surface area contributed by atoms with Gasteiger partial charge in [0.05, 0.1) is 9.79 Å². The minimum absolute atomic E-state index is 0. The van der Waals surface area contributed by atoms with Gasteiger partial charge in [0.1, 0.15) is 20.2 Å². The van der Waals surface area contributed by atoms with Crippen LogP contribution in [0, 0.1) is 0 Å². The summed E-state index contributed by atoms with van der Waals surface area (Å²) in [5.74, 6) is 0. The van der Waals surface area contributed by atoms with Gasteiger partial charge in [-0.15, -0.1) is 0 Å². The molecule has 0 aliphatic rings. The van der Waals surface area contributed by atoms with E-state index in [0.717, 1.165) is 12.1 Å². The van der Waals surface area contributed by atoms with Crippen LogP contribution in [-0.2, 0) is 20.2 Å². The van der Waals surface area contributed by atoms with Gasteiger partial charge in [-0.05, 0) is 12.1 Å². The maximum absolute atomic E-state index is 11.0. The summed E-state index contributed by atoms with van der Waals surface area (Å²) in [6.45, 7) is 0. The summed E-state index contributed by atoms with van der Waals surface area (Å²) >= 11 is 0. The molecule has 0 aliphatic carbocycles. The van der Waals surface area contributed by atoms with Gasteiger partial charge < -0.3 is 9.11 Å². The van der Waals surface area contributed by atoms with Crippen molar-refractivity contribution in [2.75, 3.05) is 0 Å². The van der Waals surface area contributed by atoms with Crippen LogP contribution in [0.2, 0.25) is 0 Å². The van der Waals surface area contributed by atoms with Crippen LogP contribution in [0.15, 0.2) is 46.2 Å². The van der Waals surface area contributed by atoms with Crippen LogP contribution < -0.4 is 0 Å². The fraction of sp³-hybridized carbons (Fsp3) is 0. The molecule has 0 N–H and O–H groups in total. The van der Waals surface area contributed by atoms with Gasteiger partial charge >= 0.3 is 37.7 Å². The third-order valence-corrected chi connectivity index (χ3v) is 4.17. The molecule has 0 saturated carbocycles. The normalized spacial score (nSPS) is 12.1. The van der Waals surface area contributed by atoms with Crippen LogP contribution in [0.5, 0.6) is 0 Å². The van der Waals surface area contributed by atoms with Gasteiger partial charge in [-0.25, -0.2) is 16.8 Å². The largest absolute Gasteiger partial charge is 2.00 e. The van der Waals surface area contributed by atoms with E-state index in [-0.39, 0.29) is 48.5 Å². The second-order valence-corrected chi connectivity index (χ2v) is 6.21. The first-order chi connectivity index (χ1) is 8.21. The van der Waals surface area contributed by atoms with Crippen molar-refractivity contribution in [3.8, 4) is 0 Å². The Morgan fingerprint density at radius 3 is 1.26 bits per heavy atom. The molecule has 9 heteroatoms. The maximum atomic E-state index is 11.0. The van der Waals surface area contributed by atoms with Crippen LogP contribution in [0.1, 0.15) is 0 Å². The summed E-state index contributed by atoms with van der Waals surface area (Å²) in [6, 6.07) is 7.09. The van der Waals surface area contributed by atoms with Crippen LogP contribution in [-0.4, -0.2) is 63.7 Å². The Morgan fingerprint density at radius 2 is 1.00 bits per heavy atom. The number of hydrogen-bond donors (Lipinski definition) is 0. The molecule has 0 fully saturated rings. The SMILES string of the molecule is O=S(=O)([O-])c1cccc2c(S(=O)(=O)[O-])cccc12.[Ca+2]. The molecule has 0 radical (unpaired) electrons. The van der Waals surface area contributed by atoms with Crippen molar-refractivity contribution in [1.29, 1.82) is 0 Å². The summed E-state index contributed by atoms with van der Waals surface area (Å²) in [7, 11) is -9.48. The number of hydrogen-bond acceptors (Lipinski definition) is 6. The molecule has 0 aromatic heterocycles. The molecular formula is C10H6CaO6S2. The van der Waals surface area contributed by atoms with Gasteiger partial charge in [0.25, 0.3) is 0 Å². The smallest absolute Gasteiger partial charge is 0.744 e. The third-order valence-electron chi connectivity index (χ3n) is 2.38. The van der Waals surface area contributed by atoms with Crippen molar-refractivity contribution in [2.45, 2.75) is 9.79 Å². The molecule has 2 aromatic rings. The van der Waals surface area contributed by atoms with E-state index in [0.29, 0.717) is 0 Å². The molecule has 19 heavy (non-hydrogen) atoms.